The molecule has 2 aromatic rings. The first kappa shape index (κ1) is 11.9. The summed E-state index contributed by atoms with van der Waals surface area (Å²) in [4.78, 5) is 25.7. The first-order valence-corrected chi connectivity index (χ1v) is 5.21. The molecule has 0 saturated carbocycles. The predicted molar refractivity (Wildman–Crippen MR) is 63.7 cm³/mol. The minimum Gasteiger partial charge on any atom is -0.478 e. The van der Waals surface area contributed by atoms with Crippen LogP contribution in [0.1, 0.15) is 26.5 Å². The van der Waals surface area contributed by atoms with E-state index < -0.39 is 11.9 Å². The maximum atomic E-state index is 11.9. The van der Waals surface area contributed by atoms with Crippen LogP contribution in [0.5, 0.6) is 0 Å². The molecule has 0 fully saturated rings. The Balaban J connectivity index is 2.28. The van der Waals surface area contributed by atoms with E-state index in [0.29, 0.717) is 11.4 Å². The van der Waals surface area contributed by atoms with Gasteiger partial charge in [0, 0.05) is 25.1 Å². The van der Waals surface area contributed by atoms with E-state index in [1.807, 2.05) is 0 Å². The SMILES string of the molecule is Cc1[nH]cc(NC(=O)c2ccnn2C)c1C(=O)O. The third kappa shape index (κ3) is 1.97. The molecule has 7 heteroatoms. The summed E-state index contributed by atoms with van der Waals surface area (Å²) in [6.07, 6.45) is 2.95. The molecule has 0 radical (unpaired) electrons. The highest BCUT2D eigenvalue weighted by atomic mass is 16.4. The van der Waals surface area contributed by atoms with E-state index in [2.05, 4.69) is 15.4 Å². The van der Waals surface area contributed by atoms with Crippen LogP contribution in [-0.2, 0) is 7.05 Å². The predicted octanol–water partition coefficient (Wildman–Crippen LogP) is 1.01. The number of rotatable bonds is 3. The molecule has 0 aliphatic rings. The monoisotopic (exact) mass is 248 g/mol. The molecule has 18 heavy (non-hydrogen) atoms. The van der Waals surface area contributed by atoms with Gasteiger partial charge < -0.3 is 15.4 Å². The van der Waals surface area contributed by atoms with Crippen LogP contribution in [0.4, 0.5) is 5.69 Å². The number of aromatic nitrogens is 3. The highest BCUT2D eigenvalue weighted by molar-refractivity contribution is 6.07. The zero-order chi connectivity index (χ0) is 13.3. The molecule has 0 unspecified atom stereocenters. The maximum Gasteiger partial charge on any atom is 0.339 e. The fraction of sp³-hybridized carbons (Fsp3) is 0.182. The minimum atomic E-state index is -1.09. The minimum absolute atomic E-state index is 0.0607. The van der Waals surface area contributed by atoms with Gasteiger partial charge in [0.2, 0.25) is 0 Å². The Hall–Kier alpha value is -2.57. The van der Waals surface area contributed by atoms with Crippen molar-refractivity contribution >= 4 is 17.6 Å². The summed E-state index contributed by atoms with van der Waals surface area (Å²) in [7, 11) is 1.63. The average molecular weight is 248 g/mol. The molecule has 7 nitrogen and oxygen atoms in total. The number of carboxylic acid groups (broad SMARTS) is 1. The second-order valence-electron chi connectivity index (χ2n) is 3.80. The van der Waals surface area contributed by atoms with Crippen molar-refractivity contribution in [2.24, 2.45) is 7.05 Å². The summed E-state index contributed by atoms with van der Waals surface area (Å²) in [5, 5.41) is 15.5. The number of anilines is 1. The molecule has 0 aliphatic carbocycles. The molecule has 0 spiro atoms. The second-order valence-corrected chi connectivity index (χ2v) is 3.80. The smallest absolute Gasteiger partial charge is 0.339 e. The van der Waals surface area contributed by atoms with Crippen LogP contribution in [0.15, 0.2) is 18.5 Å². The number of carbonyl (C=O) groups excluding carboxylic acids is 1. The molecule has 0 bridgehead atoms. The van der Waals surface area contributed by atoms with Crippen LogP contribution in [0, 0.1) is 6.92 Å². The average Bonchev–Trinajstić information content (AvgIpc) is 2.85. The third-order valence-electron chi connectivity index (χ3n) is 2.59. The summed E-state index contributed by atoms with van der Waals surface area (Å²) >= 11 is 0. The van der Waals surface area contributed by atoms with Crippen molar-refractivity contribution in [3.8, 4) is 0 Å². The third-order valence-corrected chi connectivity index (χ3v) is 2.59. The lowest BCUT2D eigenvalue weighted by Gasteiger charge is -2.04. The number of hydrogen-bond donors (Lipinski definition) is 3. The number of carboxylic acids is 1. The summed E-state index contributed by atoms with van der Waals surface area (Å²) in [6, 6.07) is 1.55. The molecule has 94 valence electrons. The highest BCUT2D eigenvalue weighted by Crippen LogP contribution is 2.19. The van der Waals surface area contributed by atoms with Crippen LogP contribution >= 0.6 is 0 Å². The van der Waals surface area contributed by atoms with Crippen LogP contribution in [0.2, 0.25) is 0 Å². The molecule has 2 aromatic heterocycles. The van der Waals surface area contributed by atoms with Gasteiger partial charge >= 0.3 is 5.97 Å². The number of H-pyrrole nitrogens is 1. The fourth-order valence-corrected chi connectivity index (χ4v) is 1.68. The van der Waals surface area contributed by atoms with E-state index in [-0.39, 0.29) is 11.3 Å². The number of aromatic amines is 1. The first-order chi connectivity index (χ1) is 8.50. The van der Waals surface area contributed by atoms with Crippen molar-refractivity contribution in [3.05, 3.63) is 35.4 Å². The number of aryl methyl sites for hydroxylation is 2. The maximum absolute atomic E-state index is 11.9. The highest BCUT2D eigenvalue weighted by Gasteiger charge is 2.18. The van der Waals surface area contributed by atoms with Crippen LogP contribution in [0.25, 0.3) is 0 Å². The first-order valence-electron chi connectivity index (χ1n) is 5.21. The normalized spacial score (nSPS) is 10.3. The summed E-state index contributed by atoms with van der Waals surface area (Å²) in [5.41, 5.74) is 1.14. The van der Waals surface area contributed by atoms with Crippen LogP contribution in [0.3, 0.4) is 0 Å². The Morgan fingerprint density at radius 3 is 2.78 bits per heavy atom. The lowest BCUT2D eigenvalue weighted by atomic mass is 10.2. The molecule has 0 atom stereocenters. The Morgan fingerprint density at radius 1 is 1.50 bits per heavy atom. The van der Waals surface area contributed by atoms with E-state index >= 15 is 0 Å². The number of amides is 1. The van der Waals surface area contributed by atoms with Crippen LogP contribution < -0.4 is 5.32 Å². The molecular weight excluding hydrogens is 236 g/mol. The van der Waals surface area contributed by atoms with E-state index in [9.17, 15) is 9.59 Å². The molecule has 0 aromatic carbocycles. The fourth-order valence-electron chi connectivity index (χ4n) is 1.68. The van der Waals surface area contributed by atoms with Crippen molar-refractivity contribution in [1.82, 2.24) is 14.8 Å². The van der Waals surface area contributed by atoms with Gasteiger partial charge in [-0.15, -0.1) is 0 Å². The van der Waals surface area contributed by atoms with Gasteiger partial charge in [0.1, 0.15) is 11.3 Å². The standard InChI is InChI=1S/C11H12N4O3/c1-6-9(11(17)18)7(5-12-6)14-10(16)8-3-4-13-15(8)2/h3-5,12H,1-2H3,(H,14,16)(H,17,18). The number of carbonyl (C=O) groups is 2. The zero-order valence-corrected chi connectivity index (χ0v) is 9.89. The quantitative estimate of drug-likeness (QED) is 0.754. The number of nitrogens with zero attached hydrogens (tertiary/aromatic N) is 2. The Morgan fingerprint density at radius 2 is 2.22 bits per heavy atom. The number of nitrogens with one attached hydrogen (secondary N) is 2. The van der Waals surface area contributed by atoms with Gasteiger partial charge in [0.25, 0.3) is 5.91 Å². The van der Waals surface area contributed by atoms with Crippen molar-refractivity contribution < 1.29 is 14.7 Å². The molecule has 0 saturated heterocycles. The van der Waals surface area contributed by atoms with Gasteiger partial charge in [-0.1, -0.05) is 0 Å². The zero-order valence-electron chi connectivity index (χ0n) is 9.89. The summed E-state index contributed by atoms with van der Waals surface area (Å²) in [6.45, 7) is 1.63. The molecule has 1 amide bonds. The van der Waals surface area contributed by atoms with Crippen molar-refractivity contribution in [2.45, 2.75) is 6.92 Å². The van der Waals surface area contributed by atoms with Gasteiger partial charge in [-0.05, 0) is 13.0 Å². The number of hydrogen-bond acceptors (Lipinski definition) is 3. The lowest BCUT2D eigenvalue weighted by molar-refractivity contribution is 0.0697. The van der Waals surface area contributed by atoms with Gasteiger partial charge in [-0.25, -0.2) is 4.79 Å². The lowest BCUT2D eigenvalue weighted by Crippen LogP contribution is -2.17. The Labute approximate surface area is 102 Å². The molecule has 2 rings (SSSR count). The van der Waals surface area contributed by atoms with E-state index in [4.69, 9.17) is 5.11 Å². The van der Waals surface area contributed by atoms with Crippen LogP contribution in [-0.4, -0.2) is 31.7 Å². The number of aromatic carboxylic acids is 1. The topological polar surface area (TPSA) is 100 Å². The largest absolute Gasteiger partial charge is 0.478 e. The molecule has 3 N–H and O–H groups in total. The van der Waals surface area contributed by atoms with E-state index in [0.717, 1.165) is 0 Å². The van der Waals surface area contributed by atoms with Gasteiger partial charge in [-0.2, -0.15) is 5.10 Å². The van der Waals surface area contributed by atoms with Crippen molar-refractivity contribution in [2.75, 3.05) is 5.32 Å². The summed E-state index contributed by atoms with van der Waals surface area (Å²) < 4.78 is 1.41. The Bertz CT molecular complexity index is 612. The van der Waals surface area contributed by atoms with Gasteiger partial charge in [-0.3, -0.25) is 9.48 Å². The van der Waals surface area contributed by atoms with Crippen molar-refractivity contribution in [3.63, 3.8) is 0 Å². The molecule has 2 heterocycles. The second kappa shape index (κ2) is 4.36. The van der Waals surface area contributed by atoms with Gasteiger partial charge in [0.05, 0.1) is 5.69 Å². The van der Waals surface area contributed by atoms with E-state index in [1.54, 1.807) is 20.0 Å². The van der Waals surface area contributed by atoms with Crippen molar-refractivity contribution in [1.29, 1.82) is 0 Å². The Kier molecular flexibility index (Phi) is 2.88. The summed E-state index contributed by atoms with van der Waals surface area (Å²) in [5.74, 6) is -1.49. The molecular formula is C11H12N4O3. The molecule has 0 aliphatic heterocycles. The van der Waals surface area contributed by atoms with E-state index in [1.165, 1.54) is 17.1 Å². The van der Waals surface area contributed by atoms with Gasteiger partial charge in [0.15, 0.2) is 0 Å².